The number of rotatable bonds is 4. The topological polar surface area (TPSA) is 50.4 Å². The van der Waals surface area contributed by atoms with E-state index in [-0.39, 0.29) is 10.8 Å². The summed E-state index contributed by atoms with van der Waals surface area (Å²) in [7, 11) is 1.59. The molecule has 7 heteroatoms. The van der Waals surface area contributed by atoms with E-state index in [0.717, 1.165) is 14.9 Å². The summed E-state index contributed by atoms with van der Waals surface area (Å²) in [6, 6.07) is 11.9. The maximum Gasteiger partial charge on any atom is 0.250 e. The highest BCUT2D eigenvalue weighted by molar-refractivity contribution is 14.1. The van der Waals surface area contributed by atoms with Gasteiger partial charge < -0.3 is 10.1 Å². The maximum atomic E-state index is 13.7. The predicted molar refractivity (Wildman–Crippen MR) is 106 cm³/mol. The molecule has 0 spiro atoms. The van der Waals surface area contributed by atoms with Gasteiger partial charge >= 0.3 is 0 Å². The minimum atomic E-state index is -0.438. The zero-order valence-electron chi connectivity index (χ0n) is 12.7. The van der Waals surface area contributed by atoms with E-state index in [2.05, 4.69) is 10.6 Å². The average molecular weight is 456 g/mol. The molecule has 2 rings (SSSR count). The highest BCUT2D eigenvalue weighted by atomic mass is 127. The fourth-order valence-electron chi connectivity index (χ4n) is 1.78. The monoisotopic (exact) mass is 456 g/mol. The number of hydrogen-bond donors (Lipinski definition) is 2. The molecule has 2 aromatic carbocycles. The van der Waals surface area contributed by atoms with Crippen molar-refractivity contribution in [3.63, 3.8) is 0 Å². The quantitative estimate of drug-likeness (QED) is 0.416. The molecule has 0 aliphatic rings. The third-order valence-electron chi connectivity index (χ3n) is 2.96. The number of anilines is 1. The van der Waals surface area contributed by atoms with Crippen LogP contribution in [0.2, 0.25) is 0 Å². The number of carbonyl (C=O) groups excluding carboxylic acids is 1. The first-order chi connectivity index (χ1) is 11.5. The van der Waals surface area contributed by atoms with Crippen molar-refractivity contribution in [2.24, 2.45) is 0 Å². The number of nitrogens with one attached hydrogen (secondary N) is 2. The minimum absolute atomic E-state index is 0.0273. The number of carbonyl (C=O) groups is 1. The van der Waals surface area contributed by atoms with E-state index in [1.54, 1.807) is 37.5 Å². The third kappa shape index (κ3) is 5.57. The van der Waals surface area contributed by atoms with E-state index in [1.165, 1.54) is 12.1 Å². The lowest BCUT2D eigenvalue weighted by Crippen LogP contribution is -2.33. The standard InChI is InChI=1S/C17H14FIN2O2S/c1-23-13-6-2-11(3-7-13)4-9-16(22)21-17(24)20-15-8-5-12(19)10-14(15)18/h2-10H,1H3,(H2,20,21,22,24)/b9-4+. The van der Waals surface area contributed by atoms with Gasteiger partial charge in [0.05, 0.1) is 12.8 Å². The first-order valence-electron chi connectivity index (χ1n) is 6.87. The zero-order chi connectivity index (χ0) is 17.5. The molecule has 0 saturated heterocycles. The van der Waals surface area contributed by atoms with Crippen LogP contribution in [0.4, 0.5) is 10.1 Å². The van der Waals surface area contributed by atoms with Crippen molar-refractivity contribution in [3.8, 4) is 5.75 Å². The number of thiocarbonyl (C=S) groups is 1. The van der Waals surface area contributed by atoms with Crippen LogP contribution >= 0.6 is 34.8 Å². The van der Waals surface area contributed by atoms with Crippen LogP contribution in [0.25, 0.3) is 6.08 Å². The lowest BCUT2D eigenvalue weighted by Gasteiger charge is -2.09. The van der Waals surface area contributed by atoms with Gasteiger partial charge in [0.15, 0.2) is 5.11 Å². The molecule has 0 heterocycles. The summed E-state index contributed by atoms with van der Waals surface area (Å²) in [6.07, 6.45) is 2.99. The molecule has 0 aromatic heterocycles. The Morgan fingerprint density at radius 1 is 1.25 bits per heavy atom. The molecule has 0 aliphatic carbocycles. The van der Waals surface area contributed by atoms with Crippen molar-refractivity contribution < 1.29 is 13.9 Å². The SMILES string of the molecule is COc1ccc(/C=C/C(=O)NC(=S)Nc2ccc(I)cc2F)cc1. The molecule has 2 N–H and O–H groups in total. The highest BCUT2D eigenvalue weighted by Crippen LogP contribution is 2.16. The van der Waals surface area contributed by atoms with Crippen LogP contribution in [0.3, 0.4) is 0 Å². The molecular weight excluding hydrogens is 442 g/mol. The summed E-state index contributed by atoms with van der Waals surface area (Å²) in [6.45, 7) is 0. The van der Waals surface area contributed by atoms with Gasteiger partial charge in [0.2, 0.25) is 5.91 Å². The van der Waals surface area contributed by atoms with Gasteiger partial charge in [-0.25, -0.2) is 4.39 Å². The lowest BCUT2D eigenvalue weighted by atomic mass is 10.2. The van der Waals surface area contributed by atoms with E-state index in [9.17, 15) is 9.18 Å². The summed E-state index contributed by atoms with van der Waals surface area (Å²) in [5.41, 5.74) is 1.05. The molecule has 2 aromatic rings. The van der Waals surface area contributed by atoms with Crippen LogP contribution < -0.4 is 15.4 Å². The number of halogens is 2. The maximum absolute atomic E-state index is 13.7. The molecule has 0 saturated carbocycles. The molecule has 24 heavy (non-hydrogen) atoms. The van der Waals surface area contributed by atoms with Gasteiger partial charge in [-0.3, -0.25) is 10.1 Å². The second-order valence-electron chi connectivity index (χ2n) is 4.67. The van der Waals surface area contributed by atoms with E-state index < -0.39 is 11.7 Å². The Bertz CT molecular complexity index is 779. The van der Waals surface area contributed by atoms with Crippen molar-refractivity contribution in [3.05, 3.63) is 63.5 Å². The molecule has 0 atom stereocenters. The summed E-state index contributed by atoms with van der Waals surface area (Å²) in [5.74, 6) is -0.108. The molecule has 1 amide bonds. The molecule has 4 nitrogen and oxygen atoms in total. The molecule has 0 unspecified atom stereocenters. The number of ether oxygens (including phenoxy) is 1. The van der Waals surface area contributed by atoms with Crippen LogP contribution in [-0.2, 0) is 4.79 Å². The normalized spacial score (nSPS) is 10.5. The van der Waals surface area contributed by atoms with Crippen LogP contribution in [0.15, 0.2) is 48.5 Å². The van der Waals surface area contributed by atoms with E-state index in [4.69, 9.17) is 17.0 Å². The number of amides is 1. The van der Waals surface area contributed by atoms with Crippen molar-refractivity contribution in [2.45, 2.75) is 0 Å². The minimum Gasteiger partial charge on any atom is -0.497 e. The molecule has 0 radical (unpaired) electrons. The number of hydrogen-bond acceptors (Lipinski definition) is 3. The Hall–Kier alpha value is -2.00. The Labute approximate surface area is 158 Å². The molecular formula is C17H14FIN2O2S. The Morgan fingerprint density at radius 2 is 1.96 bits per heavy atom. The predicted octanol–water partition coefficient (Wildman–Crippen LogP) is 3.97. The summed E-state index contributed by atoms with van der Waals surface area (Å²) < 4.78 is 19.5. The molecule has 0 aliphatic heterocycles. The molecule has 124 valence electrons. The number of methoxy groups -OCH3 is 1. The van der Waals surface area contributed by atoms with Gasteiger partial charge in [0.25, 0.3) is 0 Å². The largest absolute Gasteiger partial charge is 0.497 e. The molecule has 0 bridgehead atoms. The Balaban J connectivity index is 1.91. The van der Waals surface area contributed by atoms with E-state index >= 15 is 0 Å². The Morgan fingerprint density at radius 3 is 2.58 bits per heavy atom. The van der Waals surface area contributed by atoms with Crippen LogP contribution in [0.5, 0.6) is 5.75 Å². The van der Waals surface area contributed by atoms with Crippen molar-refractivity contribution in [1.82, 2.24) is 5.32 Å². The lowest BCUT2D eigenvalue weighted by molar-refractivity contribution is -0.115. The summed E-state index contributed by atoms with van der Waals surface area (Å²) in [5, 5.41) is 5.14. The van der Waals surface area contributed by atoms with Crippen molar-refractivity contribution in [1.29, 1.82) is 0 Å². The van der Waals surface area contributed by atoms with Crippen molar-refractivity contribution >= 4 is 57.6 Å². The van der Waals surface area contributed by atoms with Crippen LogP contribution in [0.1, 0.15) is 5.56 Å². The first kappa shape index (κ1) is 18.3. The summed E-state index contributed by atoms with van der Waals surface area (Å²) in [4.78, 5) is 11.8. The second kappa shape index (κ2) is 8.74. The smallest absolute Gasteiger partial charge is 0.250 e. The zero-order valence-corrected chi connectivity index (χ0v) is 15.7. The van der Waals surface area contributed by atoms with Gasteiger partial charge in [-0.15, -0.1) is 0 Å². The van der Waals surface area contributed by atoms with E-state index in [0.29, 0.717) is 0 Å². The second-order valence-corrected chi connectivity index (χ2v) is 6.33. The fraction of sp³-hybridized carbons (Fsp3) is 0.0588. The average Bonchev–Trinajstić information content (AvgIpc) is 2.56. The van der Waals surface area contributed by atoms with E-state index in [1.807, 2.05) is 34.7 Å². The van der Waals surface area contributed by atoms with Crippen LogP contribution in [-0.4, -0.2) is 18.1 Å². The molecule has 0 fully saturated rings. The van der Waals surface area contributed by atoms with Gasteiger partial charge in [-0.05, 0) is 76.8 Å². The van der Waals surface area contributed by atoms with Crippen molar-refractivity contribution in [2.75, 3.05) is 12.4 Å². The number of benzene rings is 2. The van der Waals surface area contributed by atoms with Gasteiger partial charge in [0, 0.05) is 9.65 Å². The van der Waals surface area contributed by atoms with Crippen LogP contribution in [0, 0.1) is 9.39 Å². The summed E-state index contributed by atoms with van der Waals surface area (Å²) >= 11 is 7.02. The van der Waals surface area contributed by atoms with Gasteiger partial charge in [-0.2, -0.15) is 0 Å². The third-order valence-corrected chi connectivity index (χ3v) is 3.83. The first-order valence-corrected chi connectivity index (χ1v) is 8.36. The van der Waals surface area contributed by atoms with Gasteiger partial charge in [0.1, 0.15) is 11.6 Å². The Kier molecular flexibility index (Phi) is 6.68. The highest BCUT2D eigenvalue weighted by Gasteiger charge is 2.06. The van der Waals surface area contributed by atoms with Gasteiger partial charge in [-0.1, -0.05) is 12.1 Å². The fourth-order valence-corrected chi connectivity index (χ4v) is 2.45.